The van der Waals surface area contributed by atoms with E-state index in [2.05, 4.69) is 35.0 Å². The molecule has 1 aliphatic rings. The summed E-state index contributed by atoms with van der Waals surface area (Å²) in [5.74, 6) is -0.00453. The van der Waals surface area contributed by atoms with Gasteiger partial charge in [-0.05, 0) is 17.7 Å². The lowest BCUT2D eigenvalue weighted by Crippen LogP contribution is -2.27. The zero-order valence-corrected chi connectivity index (χ0v) is 13.8. The van der Waals surface area contributed by atoms with Gasteiger partial charge in [0.25, 0.3) is 5.91 Å². The molecule has 1 amide bonds. The van der Waals surface area contributed by atoms with Crippen LogP contribution in [0.3, 0.4) is 0 Å². The van der Waals surface area contributed by atoms with Crippen molar-refractivity contribution in [3.05, 3.63) is 65.9 Å². The normalized spacial score (nSPS) is 16.5. The first kappa shape index (κ1) is 14.4. The molecule has 0 bridgehead atoms. The molecular weight excluding hydrogens is 304 g/mol. The fourth-order valence-corrected chi connectivity index (χ4v) is 4.30. The number of carbonyl (C=O) groups excluding carboxylic acids is 1. The number of carbonyl (C=O) groups is 1. The maximum absolute atomic E-state index is 12.7. The van der Waals surface area contributed by atoms with Gasteiger partial charge in [-0.3, -0.25) is 4.79 Å². The fourth-order valence-electron chi connectivity index (χ4n) is 3.14. The van der Waals surface area contributed by atoms with Crippen LogP contribution in [0.25, 0.3) is 10.9 Å². The van der Waals surface area contributed by atoms with Crippen molar-refractivity contribution in [2.24, 2.45) is 0 Å². The minimum Gasteiger partial charge on any atom is -0.347 e. The topological polar surface area (TPSA) is 34.0 Å². The number of nitrogens with zero attached hydrogens (tertiary/aromatic N) is 1. The zero-order valence-electron chi connectivity index (χ0n) is 13.0. The van der Waals surface area contributed by atoms with Crippen LogP contribution in [0.15, 0.2) is 59.5 Å². The fraction of sp³-hybridized carbons (Fsp3) is 0.211. The Labute approximate surface area is 139 Å². The largest absolute Gasteiger partial charge is 0.347 e. The molecule has 0 radical (unpaired) electrons. The van der Waals surface area contributed by atoms with Crippen molar-refractivity contribution in [3.63, 3.8) is 0 Å². The summed E-state index contributed by atoms with van der Waals surface area (Å²) < 4.78 is 2.17. The molecule has 0 aliphatic carbocycles. The summed E-state index contributed by atoms with van der Waals surface area (Å²) in [5.41, 5.74) is 3.07. The molecule has 0 saturated heterocycles. The number of nitrogens with one attached hydrogen (secondary N) is 1. The molecular formula is C19H18N2OS. The van der Waals surface area contributed by atoms with Crippen molar-refractivity contribution in [1.82, 2.24) is 9.88 Å². The number of hydrogen-bond donors (Lipinski definition) is 1. The highest BCUT2D eigenvalue weighted by Gasteiger charge is 2.23. The predicted molar refractivity (Wildman–Crippen MR) is 94.9 cm³/mol. The quantitative estimate of drug-likeness (QED) is 0.789. The Morgan fingerprint density at radius 1 is 1.22 bits per heavy atom. The van der Waals surface area contributed by atoms with E-state index in [0.29, 0.717) is 11.8 Å². The number of hydrogen-bond acceptors (Lipinski definition) is 2. The smallest absolute Gasteiger partial charge is 0.268 e. The summed E-state index contributed by atoms with van der Waals surface area (Å²) in [7, 11) is 0. The molecule has 4 heteroatoms. The van der Waals surface area contributed by atoms with Gasteiger partial charge in [0, 0.05) is 28.6 Å². The SMILES string of the molecule is C[C@@H]1Cn2c(C(=O)NCc3ccccc3)cc3cccc(c32)S1. The van der Waals surface area contributed by atoms with E-state index < -0.39 is 0 Å². The van der Waals surface area contributed by atoms with E-state index in [-0.39, 0.29) is 5.91 Å². The van der Waals surface area contributed by atoms with Gasteiger partial charge in [-0.1, -0.05) is 49.4 Å². The van der Waals surface area contributed by atoms with Gasteiger partial charge in [0.05, 0.1) is 5.52 Å². The number of benzene rings is 2. The van der Waals surface area contributed by atoms with E-state index in [4.69, 9.17) is 0 Å². The Bertz CT molecular complexity index is 870. The number of rotatable bonds is 3. The third-order valence-electron chi connectivity index (χ3n) is 4.18. The second-order valence-electron chi connectivity index (χ2n) is 5.93. The van der Waals surface area contributed by atoms with E-state index in [0.717, 1.165) is 23.2 Å². The van der Waals surface area contributed by atoms with Gasteiger partial charge in [0.15, 0.2) is 0 Å². The number of thioether (sulfide) groups is 1. The minimum atomic E-state index is -0.00453. The van der Waals surface area contributed by atoms with Crippen LogP contribution in [0.4, 0.5) is 0 Å². The molecule has 1 atom stereocenters. The molecule has 0 spiro atoms. The molecule has 0 fully saturated rings. The molecule has 2 aromatic carbocycles. The van der Waals surface area contributed by atoms with E-state index in [9.17, 15) is 4.79 Å². The van der Waals surface area contributed by atoms with Crippen LogP contribution in [0.1, 0.15) is 23.0 Å². The first-order valence-corrected chi connectivity index (χ1v) is 8.71. The van der Waals surface area contributed by atoms with Crippen LogP contribution in [-0.4, -0.2) is 15.7 Å². The van der Waals surface area contributed by atoms with Crippen molar-refractivity contribution in [2.75, 3.05) is 0 Å². The van der Waals surface area contributed by atoms with E-state index in [1.165, 1.54) is 10.4 Å². The summed E-state index contributed by atoms with van der Waals surface area (Å²) in [6, 6.07) is 18.3. The molecule has 4 rings (SSSR count). The molecule has 1 aliphatic heterocycles. The molecule has 116 valence electrons. The van der Waals surface area contributed by atoms with Gasteiger partial charge in [0.1, 0.15) is 5.69 Å². The lowest BCUT2D eigenvalue weighted by molar-refractivity contribution is 0.0942. The van der Waals surface area contributed by atoms with Crippen LogP contribution in [-0.2, 0) is 13.1 Å². The summed E-state index contributed by atoms with van der Waals surface area (Å²) in [5, 5.41) is 4.66. The molecule has 1 N–H and O–H groups in total. The Hall–Kier alpha value is -2.20. The Kier molecular flexibility index (Phi) is 3.62. The van der Waals surface area contributed by atoms with Crippen molar-refractivity contribution in [3.8, 4) is 0 Å². The summed E-state index contributed by atoms with van der Waals surface area (Å²) in [4.78, 5) is 13.9. The van der Waals surface area contributed by atoms with Crippen molar-refractivity contribution in [2.45, 2.75) is 30.2 Å². The maximum Gasteiger partial charge on any atom is 0.268 e. The van der Waals surface area contributed by atoms with Gasteiger partial charge in [-0.25, -0.2) is 0 Å². The lowest BCUT2D eigenvalue weighted by atomic mass is 10.2. The standard InChI is InChI=1S/C19H18N2OS/c1-13-12-21-16(10-15-8-5-9-17(23-13)18(15)21)19(22)20-11-14-6-3-2-4-7-14/h2-10,13H,11-12H2,1H3,(H,20,22)/t13-/m1/s1. The number of para-hydroxylation sites is 1. The van der Waals surface area contributed by atoms with E-state index in [1.54, 1.807) is 0 Å². The van der Waals surface area contributed by atoms with Crippen LogP contribution in [0.2, 0.25) is 0 Å². The van der Waals surface area contributed by atoms with Crippen LogP contribution >= 0.6 is 11.8 Å². The third kappa shape index (κ3) is 2.63. The van der Waals surface area contributed by atoms with Crippen LogP contribution in [0.5, 0.6) is 0 Å². The summed E-state index contributed by atoms with van der Waals surface area (Å²) >= 11 is 1.89. The number of aromatic nitrogens is 1. The monoisotopic (exact) mass is 322 g/mol. The molecule has 0 saturated carbocycles. The van der Waals surface area contributed by atoms with E-state index >= 15 is 0 Å². The average Bonchev–Trinajstić information content (AvgIpc) is 2.94. The van der Waals surface area contributed by atoms with Crippen molar-refractivity contribution in [1.29, 1.82) is 0 Å². The first-order chi connectivity index (χ1) is 11.2. The highest BCUT2D eigenvalue weighted by atomic mass is 32.2. The van der Waals surface area contributed by atoms with Crippen LogP contribution in [0, 0.1) is 0 Å². The molecule has 3 aromatic rings. The zero-order chi connectivity index (χ0) is 15.8. The third-order valence-corrected chi connectivity index (χ3v) is 5.31. The molecule has 1 aromatic heterocycles. The van der Waals surface area contributed by atoms with Gasteiger partial charge in [0.2, 0.25) is 0 Å². The Morgan fingerprint density at radius 3 is 2.87 bits per heavy atom. The van der Waals surface area contributed by atoms with Crippen LogP contribution < -0.4 is 5.32 Å². The molecule has 23 heavy (non-hydrogen) atoms. The molecule has 2 heterocycles. The summed E-state index contributed by atoms with van der Waals surface area (Å²) in [6.07, 6.45) is 0. The van der Waals surface area contributed by atoms with Gasteiger partial charge < -0.3 is 9.88 Å². The second-order valence-corrected chi connectivity index (χ2v) is 7.41. The highest BCUT2D eigenvalue weighted by molar-refractivity contribution is 8.00. The van der Waals surface area contributed by atoms with Gasteiger partial charge >= 0.3 is 0 Å². The molecule has 0 unspecified atom stereocenters. The van der Waals surface area contributed by atoms with Gasteiger partial charge in [-0.15, -0.1) is 11.8 Å². The Balaban J connectivity index is 1.65. The predicted octanol–water partition coefficient (Wildman–Crippen LogP) is 4.07. The molecule has 3 nitrogen and oxygen atoms in total. The van der Waals surface area contributed by atoms with Crippen molar-refractivity contribution < 1.29 is 4.79 Å². The minimum absolute atomic E-state index is 0.00453. The summed E-state index contributed by atoms with van der Waals surface area (Å²) in [6.45, 7) is 3.63. The van der Waals surface area contributed by atoms with E-state index in [1.807, 2.05) is 48.2 Å². The second kappa shape index (κ2) is 5.78. The first-order valence-electron chi connectivity index (χ1n) is 7.83. The number of amides is 1. The average molecular weight is 322 g/mol. The lowest BCUT2D eigenvalue weighted by Gasteiger charge is -2.22. The van der Waals surface area contributed by atoms with Crippen molar-refractivity contribution >= 4 is 28.6 Å². The maximum atomic E-state index is 12.7. The highest BCUT2D eigenvalue weighted by Crippen LogP contribution is 2.38. The van der Waals surface area contributed by atoms with Gasteiger partial charge in [-0.2, -0.15) is 0 Å². The Morgan fingerprint density at radius 2 is 2.04 bits per heavy atom.